The zero-order valence-electron chi connectivity index (χ0n) is 12.4. The molecule has 0 aliphatic carbocycles. The van der Waals surface area contributed by atoms with Crippen LogP contribution in [0.3, 0.4) is 0 Å². The van der Waals surface area contributed by atoms with Gasteiger partial charge < -0.3 is 10.6 Å². The highest BCUT2D eigenvalue weighted by atomic mass is 32.1. The second kappa shape index (κ2) is 7.43. The van der Waals surface area contributed by atoms with Crippen LogP contribution in [-0.2, 0) is 0 Å². The van der Waals surface area contributed by atoms with E-state index in [1.54, 1.807) is 6.20 Å². The van der Waals surface area contributed by atoms with Gasteiger partial charge in [0.2, 0.25) is 0 Å². The molecule has 4 heteroatoms. The van der Waals surface area contributed by atoms with Crippen LogP contribution >= 0.6 is 12.2 Å². The van der Waals surface area contributed by atoms with Crippen LogP contribution in [0.2, 0.25) is 0 Å². The Balaban J connectivity index is 3.20. The molecule has 2 N–H and O–H groups in total. The minimum absolute atomic E-state index is 0.371. The molecule has 0 atom stereocenters. The summed E-state index contributed by atoms with van der Waals surface area (Å²) in [4.78, 5) is 7.13. The summed E-state index contributed by atoms with van der Waals surface area (Å²) in [5.74, 6) is 0.583. The Morgan fingerprint density at radius 3 is 2.47 bits per heavy atom. The van der Waals surface area contributed by atoms with Crippen molar-refractivity contribution >= 4 is 22.9 Å². The third-order valence-corrected chi connectivity index (χ3v) is 3.47. The third kappa shape index (κ3) is 4.16. The lowest BCUT2D eigenvalue weighted by molar-refractivity contribution is 0.507. The van der Waals surface area contributed by atoms with Crippen molar-refractivity contribution in [2.24, 2.45) is 11.7 Å². The maximum Gasteiger partial charge on any atom is 0.124 e. The number of anilines is 1. The standard InChI is InChI=1S/C15H25N3S/c1-5-12(6-2)18(10-11(3)4)13-8-7-9-17-14(13)15(16)19/h7-9,11-12H,5-6,10H2,1-4H3,(H2,16,19). The number of nitrogens with zero attached hydrogens (tertiary/aromatic N) is 2. The maximum absolute atomic E-state index is 5.81. The SMILES string of the molecule is CCC(CC)N(CC(C)C)c1cccnc1C(N)=S. The molecule has 0 saturated heterocycles. The predicted octanol–water partition coefficient (Wildman–Crippen LogP) is 3.37. The maximum atomic E-state index is 5.81. The summed E-state index contributed by atoms with van der Waals surface area (Å²) < 4.78 is 0. The van der Waals surface area contributed by atoms with E-state index in [2.05, 4.69) is 43.6 Å². The Kier molecular flexibility index (Phi) is 6.22. The normalized spacial score (nSPS) is 11.1. The summed E-state index contributed by atoms with van der Waals surface area (Å²) in [5, 5.41) is 0. The largest absolute Gasteiger partial charge is 0.388 e. The second-order valence-corrected chi connectivity index (χ2v) is 5.69. The van der Waals surface area contributed by atoms with Crippen molar-refractivity contribution in [1.29, 1.82) is 0 Å². The van der Waals surface area contributed by atoms with Crippen molar-refractivity contribution in [1.82, 2.24) is 4.98 Å². The first kappa shape index (κ1) is 15.9. The molecule has 0 spiro atoms. The van der Waals surface area contributed by atoms with Gasteiger partial charge in [-0.15, -0.1) is 0 Å². The number of nitrogens with two attached hydrogens (primary N) is 1. The number of thiocarbonyl (C=S) groups is 1. The molecule has 3 nitrogen and oxygen atoms in total. The Morgan fingerprint density at radius 2 is 2.00 bits per heavy atom. The molecule has 1 rings (SSSR count). The number of hydrogen-bond donors (Lipinski definition) is 1. The average molecular weight is 279 g/mol. The first-order valence-electron chi connectivity index (χ1n) is 7.02. The molecular weight excluding hydrogens is 254 g/mol. The molecule has 1 aromatic heterocycles. The zero-order chi connectivity index (χ0) is 14.4. The zero-order valence-corrected chi connectivity index (χ0v) is 13.2. The fraction of sp³-hybridized carbons (Fsp3) is 0.600. The number of rotatable bonds is 7. The van der Waals surface area contributed by atoms with Gasteiger partial charge in [0.25, 0.3) is 0 Å². The van der Waals surface area contributed by atoms with Gasteiger partial charge >= 0.3 is 0 Å². The molecular formula is C15H25N3S. The monoisotopic (exact) mass is 279 g/mol. The minimum atomic E-state index is 0.371. The van der Waals surface area contributed by atoms with E-state index in [-0.39, 0.29) is 0 Å². The summed E-state index contributed by atoms with van der Waals surface area (Å²) >= 11 is 5.13. The van der Waals surface area contributed by atoms with Gasteiger partial charge in [-0.05, 0) is 30.9 Å². The Labute approximate surface area is 122 Å². The smallest absolute Gasteiger partial charge is 0.124 e. The topological polar surface area (TPSA) is 42.2 Å². The van der Waals surface area contributed by atoms with E-state index in [9.17, 15) is 0 Å². The van der Waals surface area contributed by atoms with E-state index in [1.165, 1.54) is 0 Å². The van der Waals surface area contributed by atoms with Crippen molar-refractivity contribution < 1.29 is 0 Å². The highest BCUT2D eigenvalue weighted by Crippen LogP contribution is 2.24. The quantitative estimate of drug-likeness (QED) is 0.777. The number of aromatic nitrogens is 1. The Bertz CT molecular complexity index is 414. The van der Waals surface area contributed by atoms with E-state index in [4.69, 9.17) is 18.0 Å². The molecule has 0 aliphatic rings. The predicted molar refractivity (Wildman–Crippen MR) is 86.7 cm³/mol. The molecule has 1 aromatic rings. The molecule has 19 heavy (non-hydrogen) atoms. The molecule has 0 fully saturated rings. The molecule has 0 unspecified atom stereocenters. The number of pyridine rings is 1. The van der Waals surface area contributed by atoms with E-state index in [0.717, 1.165) is 30.8 Å². The van der Waals surface area contributed by atoms with Crippen LogP contribution in [0.5, 0.6) is 0 Å². The summed E-state index contributed by atoms with van der Waals surface area (Å²) in [6.07, 6.45) is 3.96. The van der Waals surface area contributed by atoms with Gasteiger partial charge in [0.05, 0.1) is 5.69 Å². The van der Waals surface area contributed by atoms with E-state index >= 15 is 0 Å². The molecule has 0 saturated carbocycles. The summed E-state index contributed by atoms with van der Waals surface area (Å²) in [7, 11) is 0. The summed E-state index contributed by atoms with van der Waals surface area (Å²) in [6.45, 7) is 9.89. The molecule has 0 aromatic carbocycles. The van der Waals surface area contributed by atoms with Crippen LogP contribution in [-0.4, -0.2) is 22.6 Å². The molecule has 0 amide bonds. The number of hydrogen-bond acceptors (Lipinski definition) is 3. The lowest BCUT2D eigenvalue weighted by Crippen LogP contribution is -2.38. The van der Waals surface area contributed by atoms with Gasteiger partial charge in [-0.3, -0.25) is 4.98 Å². The third-order valence-electron chi connectivity index (χ3n) is 3.27. The lowest BCUT2D eigenvalue weighted by Gasteiger charge is -2.35. The highest BCUT2D eigenvalue weighted by Gasteiger charge is 2.20. The van der Waals surface area contributed by atoms with Crippen LogP contribution in [0.15, 0.2) is 18.3 Å². The van der Waals surface area contributed by atoms with Crippen molar-refractivity contribution in [2.75, 3.05) is 11.4 Å². The summed E-state index contributed by atoms with van der Waals surface area (Å²) in [5.41, 5.74) is 7.62. The molecule has 1 heterocycles. The van der Waals surface area contributed by atoms with E-state index in [1.807, 2.05) is 6.07 Å². The van der Waals surface area contributed by atoms with Gasteiger partial charge in [0, 0.05) is 18.8 Å². The van der Waals surface area contributed by atoms with Crippen LogP contribution in [0, 0.1) is 5.92 Å². The molecule has 106 valence electrons. The minimum Gasteiger partial charge on any atom is -0.388 e. The summed E-state index contributed by atoms with van der Waals surface area (Å²) in [6, 6.07) is 4.52. The average Bonchev–Trinajstić information content (AvgIpc) is 2.38. The highest BCUT2D eigenvalue weighted by molar-refractivity contribution is 7.80. The van der Waals surface area contributed by atoms with Gasteiger partial charge in [-0.25, -0.2) is 0 Å². The first-order valence-corrected chi connectivity index (χ1v) is 7.43. The van der Waals surface area contributed by atoms with Crippen molar-refractivity contribution in [2.45, 2.75) is 46.6 Å². The van der Waals surface area contributed by atoms with Gasteiger partial charge in [-0.2, -0.15) is 0 Å². The Hall–Kier alpha value is -1.16. The molecule has 0 aliphatic heterocycles. The fourth-order valence-electron chi connectivity index (χ4n) is 2.39. The first-order chi connectivity index (χ1) is 9.01. The molecule has 0 radical (unpaired) electrons. The van der Waals surface area contributed by atoms with Gasteiger partial charge in [0.1, 0.15) is 10.7 Å². The van der Waals surface area contributed by atoms with Crippen LogP contribution in [0.1, 0.15) is 46.2 Å². The fourth-order valence-corrected chi connectivity index (χ4v) is 2.54. The van der Waals surface area contributed by atoms with Crippen molar-refractivity contribution in [3.8, 4) is 0 Å². The van der Waals surface area contributed by atoms with Crippen molar-refractivity contribution in [3.63, 3.8) is 0 Å². The van der Waals surface area contributed by atoms with E-state index < -0.39 is 0 Å². The van der Waals surface area contributed by atoms with E-state index in [0.29, 0.717) is 16.9 Å². The van der Waals surface area contributed by atoms with Crippen LogP contribution in [0.25, 0.3) is 0 Å². The van der Waals surface area contributed by atoms with Gasteiger partial charge in [-0.1, -0.05) is 39.9 Å². The lowest BCUT2D eigenvalue weighted by atomic mass is 10.1. The molecule has 0 bridgehead atoms. The van der Waals surface area contributed by atoms with Gasteiger partial charge in [0.15, 0.2) is 0 Å². The van der Waals surface area contributed by atoms with Crippen LogP contribution in [0.4, 0.5) is 5.69 Å². The van der Waals surface area contributed by atoms with Crippen molar-refractivity contribution in [3.05, 3.63) is 24.0 Å². The second-order valence-electron chi connectivity index (χ2n) is 5.25. The Morgan fingerprint density at radius 1 is 1.37 bits per heavy atom. The van der Waals surface area contributed by atoms with Crippen LogP contribution < -0.4 is 10.6 Å².